The van der Waals surface area contributed by atoms with E-state index in [0.29, 0.717) is 5.56 Å². The quantitative estimate of drug-likeness (QED) is 0.805. The smallest absolute Gasteiger partial charge is 0.251 e. The van der Waals surface area contributed by atoms with E-state index in [1.165, 1.54) is 19.2 Å². The van der Waals surface area contributed by atoms with Crippen LogP contribution in [0.4, 0.5) is 4.39 Å². The van der Waals surface area contributed by atoms with Gasteiger partial charge in [-0.2, -0.15) is 0 Å². The molecule has 2 N–H and O–H groups in total. The average Bonchev–Trinajstić information content (AvgIpc) is 2.29. The second-order valence-electron chi connectivity index (χ2n) is 3.41. The lowest BCUT2D eigenvalue weighted by atomic mass is 10.2. The fraction of sp³-hybridized carbons (Fsp3) is 0.364. The number of carbonyl (C=O) groups is 1. The van der Waals surface area contributed by atoms with Crippen molar-refractivity contribution < 1.29 is 19.0 Å². The molecule has 1 unspecified atom stereocenters. The fourth-order valence-corrected chi connectivity index (χ4v) is 1.15. The van der Waals surface area contributed by atoms with Crippen LogP contribution in [-0.4, -0.2) is 30.8 Å². The van der Waals surface area contributed by atoms with Gasteiger partial charge in [0.2, 0.25) is 0 Å². The molecule has 0 saturated carbocycles. The molecule has 0 bridgehead atoms. The number of methoxy groups -OCH3 is 1. The highest BCUT2D eigenvalue weighted by Crippen LogP contribution is 2.18. The van der Waals surface area contributed by atoms with Crippen molar-refractivity contribution in [3.05, 3.63) is 29.6 Å². The molecule has 1 atom stereocenters. The number of halogens is 1. The minimum Gasteiger partial charge on any atom is -0.494 e. The Morgan fingerprint density at radius 2 is 2.31 bits per heavy atom. The van der Waals surface area contributed by atoms with E-state index in [-0.39, 0.29) is 24.3 Å². The summed E-state index contributed by atoms with van der Waals surface area (Å²) in [7, 11) is 1.33. The number of amides is 1. The molecule has 0 aromatic heterocycles. The van der Waals surface area contributed by atoms with Crippen molar-refractivity contribution in [1.29, 1.82) is 0 Å². The van der Waals surface area contributed by atoms with Crippen LogP contribution in [0.5, 0.6) is 5.75 Å². The van der Waals surface area contributed by atoms with E-state index >= 15 is 0 Å². The zero-order valence-electron chi connectivity index (χ0n) is 9.16. The Balaban J connectivity index is 2.84. The molecule has 88 valence electrons. The van der Waals surface area contributed by atoms with Gasteiger partial charge in [-0.3, -0.25) is 4.79 Å². The summed E-state index contributed by atoms with van der Waals surface area (Å²) in [5, 5.41) is 11.3. The van der Waals surface area contributed by atoms with Gasteiger partial charge in [-0.05, 0) is 25.1 Å². The minimum atomic E-state index is -0.519. The van der Waals surface area contributed by atoms with Crippen molar-refractivity contribution in [2.24, 2.45) is 0 Å². The van der Waals surface area contributed by atoms with Crippen molar-refractivity contribution in [2.75, 3.05) is 13.7 Å². The zero-order chi connectivity index (χ0) is 12.1. The molecule has 16 heavy (non-hydrogen) atoms. The zero-order valence-corrected chi connectivity index (χ0v) is 9.16. The molecule has 0 saturated heterocycles. The van der Waals surface area contributed by atoms with Crippen LogP contribution in [0.3, 0.4) is 0 Å². The van der Waals surface area contributed by atoms with Crippen LogP contribution >= 0.6 is 0 Å². The molecule has 0 aliphatic rings. The van der Waals surface area contributed by atoms with Crippen molar-refractivity contribution in [3.8, 4) is 5.75 Å². The highest BCUT2D eigenvalue weighted by Gasteiger charge is 2.11. The van der Waals surface area contributed by atoms with Gasteiger partial charge in [0.25, 0.3) is 5.91 Å². The number of hydrogen-bond acceptors (Lipinski definition) is 3. The Morgan fingerprint density at radius 1 is 1.62 bits per heavy atom. The summed E-state index contributed by atoms with van der Waals surface area (Å²) >= 11 is 0. The van der Waals surface area contributed by atoms with E-state index in [4.69, 9.17) is 9.84 Å². The molecular formula is C11H14FNO3. The van der Waals surface area contributed by atoms with Crippen LogP contribution in [-0.2, 0) is 0 Å². The third-order valence-electron chi connectivity index (χ3n) is 2.06. The maximum Gasteiger partial charge on any atom is 0.251 e. The number of rotatable bonds is 4. The minimum absolute atomic E-state index is 0.0179. The number of hydrogen-bond donors (Lipinski definition) is 2. The van der Waals surface area contributed by atoms with Crippen LogP contribution < -0.4 is 10.1 Å². The fourth-order valence-electron chi connectivity index (χ4n) is 1.15. The standard InChI is InChI=1S/C11H14FNO3/c1-7(6-14)13-11(15)8-3-4-9(12)10(5-8)16-2/h3-5,7,14H,6H2,1-2H3,(H,13,15). The average molecular weight is 227 g/mol. The number of carbonyl (C=O) groups excluding carboxylic acids is 1. The molecule has 1 amide bonds. The van der Waals surface area contributed by atoms with Crippen molar-refractivity contribution in [1.82, 2.24) is 5.32 Å². The molecular weight excluding hydrogens is 213 g/mol. The number of aliphatic hydroxyl groups is 1. The second kappa shape index (κ2) is 5.46. The van der Waals surface area contributed by atoms with Gasteiger partial charge in [0, 0.05) is 11.6 Å². The summed E-state index contributed by atoms with van der Waals surface area (Å²) in [6, 6.07) is 3.49. The molecule has 0 spiro atoms. The number of ether oxygens (including phenoxy) is 1. The molecule has 1 aromatic carbocycles. The summed E-state index contributed by atoms with van der Waals surface area (Å²) < 4.78 is 17.8. The van der Waals surface area contributed by atoms with E-state index in [1.54, 1.807) is 6.92 Å². The van der Waals surface area contributed by atoms with Crippen LogP contribution in [0.1, 0.15) is 17.3 Å². The lowest BCUT2D eigenvalue weighted by Crippen LogP contribution is -2.34. The molecule has 1 rings (SSSR count). The molecule has 5 heteroatoms. The number of benzene rings is 1. The Labute approximate surface area is 93.0 Å². The van der Waals surface area contributed by atoms with Gasteiger partial charge in [-0.15, -0.1) is 0 Å². The predicted molar refractivity (Wildman–Crippen MR) is 57.0 cm³/mol. The van der Waals surface area contributed by atoms with E-state index in [9.17, 15) is 9.18 Å². The van der Waals surface area contributed by atoms with E-state index in [0.717, 1.165) is 6.07 Å². The molecule has 0 aliphatic heterocycles. The van der Waals surface area contributed by atoms with Gasteiger partial charge >= 0.3 is 0 Å². The normalized spacial score (nSPS) is 12.0. The molecule has 0 aliphatic carbocycles. The Hall–Kier alpha value is -1.62. The van der Waals surface area contributed by atoms with E-state index in [2.05, 4.69) is 5.32 Å². The molecule has 0 fully saturated rings. The topological polar surface area (TPSA) is 58.6 Å². The molecule has 1 aromatic rings. The monoisotopic (exact) mass is 227 g/mol. The lowest BCUT2D eigenvalue weighted by molar-refractivity contribution is 0.0922. The Kier molecular flexibility index (Phi) is 4.25. The van der Waals surface area contributed by atoms with E-state index in [1.807, 2.05) is 0 Å². The lowest BCUT2D eigenvalue weighted by Gasteiger charge is -2.11. The van der Waals surface area contributed by atoms with Gasteiger partial charge in [-0.25, -0.2) is 4.39 Å². The SMILES string of the molecule is COc1cc(C(=O)NC(C)CO)ccc1F. The first-order valence-corrected chi connectivity index (χ1v) is 4.83. The van der Waals surface area contributed by atoms with Crippen LogP contribution in [0.2, 0.25) is 0 Å². The van der Waals surface area contributed by atoms with Crippen molar-refractivity contribution in [2.45, 2.75) is 13.0 Å². The summed E-state index contributed by atoms with van der Waals surface area (Å²) in [6.45, 7) is 1.52. The number of nitrogens with one attached hydrogen (secondary N) is 1. The summed E-state index contributed by atoms with van der Waals surface area (Å²) in [4.78, 5) is 11.6. The van der Waals surface area contributed by atoms with Crippen molar-refractivity contribution >= 4 is 5.91 Å². The molecule has 0 radical (unpaired) electrons. The van der Waals surface area contributed by atoms with Crippen LogP contribution in [0.25, 0.3) is 0 Å². The number of aliphatic hydroxyl groups excluding tert-OH is 1. The molecule has 0 heterocycles. The summed E-state index contributed by atoms with van der Waals surface area (Å²) in [6.07, 6.45) is 0. The van der Waals surface area contributed by atoms with E-state index < -0.39 is 5.82 Å². The second-order valence-corrected chi connectivity index (χ2v) is 3.41. The van der Waals surface area contributed by atoms with Gasteiger partial charge < -0.3 is 15.2 Å². The third kappa shape index (κ3) is 2.93. The maximum absolute atomic E-state index is 13.1. The summed E-state index contributed by atoms with van der Waals surface area (Å²) in [5.74, 6) is -0.876. The first-order chi connectivity index (χ1) is 7.58. The highest BCUT2D eigenvalue weighted by molar-refractivity contribution is 5.94. The van der Waals surface area contributed by atoms with Crippen LogP contribution in [0.15, 0.2) is 18.2 Å². The molecule has 4 nitrogen and oxygen atoms in total. The largest absolute Gasteiger partial charge is 0.494 e. The third-order valence-corrected chi connectivity index (χ3v) is 2.06. The van der Waals surface area contributed by atoms with Gasteiger partial charge in [-0.1, -0.05) is 0 Å². The van der Waals surface area contributed by atoms with Gasteiger partial charge in [0.1, 0.15) is 0 Å². The Bertz CT molecular complexity index is 381. The first-order valence-electron chi connectivity index (χ1n) is 4.83. The summed E-state index contributed by atoms with van der Waals surface area (Å²) in [5.41, 5.74) is 0.290. The Morgan fingerprint density at radius 3 is 2.88 bits per heavy atom. The maximum atomic E-state index is 13.1. The van der Waals surface area contributed by atoms with Gasteiger partial charge in [0.05, 0.1) is 13.7 Å². The van der Waals surface area contributed by atoms with Crippen LogP contribution in [0, 0.1) is 5.82 Å². The van der Waals surface area contributed by atoms with Gasteiger partial charge in [0.15, 0.2) is 11.6 Å². The van der Waals surface area contributed by atoms with Crippen molar-refractivity contribution in [3.63, 3.8) is 0 Å². The first kappa shape index (κ1) is 12.4. The predicted octanol–water partition coefficient (Wildman–Crippen LogP) is 0.945. The highest BCUT2D eigenvalue weighted by atomic mass is 19.1.